The van der Waals surface area contributed by atoms with Crippen LogP contribution in [-0.4, -0.2) is 34.5 Å². The minimum absolute atomic E-state index is 0.108. The van der Waals surface area contributed by atoms with E-state index in [4.69, 9.17) is 10.1 Å². The van der Waals surface area contributed by atoms with Crippen LogP contribution in [0.4, 0.5) is 5.69 Å². The molecule has 0 spiro atoms. The van der Waals surface area contributed by atoms with E-state index >= 15 is 0 Å². The lowest BCUT2D eigenvalue weighted by atomic mass is 10.2. The molecule has 1 aromatic heterocycles. The van der Waals surface area contributed by atoms with Crippen molar-refractivity contribution in [3.8, 4) is 0 Å². The van der Waals surface area contributed by atoms with Gasteiger partial charge in [0, 0.05) is 16.8 Å². The summed E-state index contributed by atoms with van der Waals surface area (Å²) in [6.07, 6.45) is 0.595. The number of carbonyl (C=O) groups is 1. The number of hydrogen-bond acceptors (Lipinski definition) is 6. The summed E-state index contributed by atoms with van der Waals surface area (Å²) in [7, 11) is 0. The molecule has 3 rings (SSSR count). The van der Waals surface area contributed by atoms with Gasteiger partial charge in [-0.3, -0.25) is 5.41 Å². The number of esters is 1. The second kappa shape index (κ2) is 7.29. The first-order valence-corrected chi connectivity index (χ1v) is 9.30. The van der Waals surface area contributed by atoms with E-state index in [9.17, 15) is 9.90 Å². The van der Waals surface area contributed by atoms with Gasteiger partial charge < -0.3 is 14.7 Å². The van der Waals surface area contributed by atoms with Crippen LogP contribution in [0.2, 0.25) is 0 Å². The first kappa shape index (κ1) is 18.1. The monoisotopic (exact) mass is 371 g/mol. The Morgan fingerprint density at radius 3 is 2.92 bits per heavy atom. The van der Waals surface area contributed by atoms with E-state index in [2.05, 4.69) is 4.98 Å². The summed E-state index contributed by atoms with van der Waals surface area (Å²) in [5.74, 6) is -0.110. The first-order valence-electron chi connectivity index (χ1n) is 8.42. The number of aliphatic hydroxyl groups is 1. The molecule has 0 fully saturated rings. The van der Waals surface area contributed by atoms with Crippen LogP contribution in [0.5, 0.6) is 0 Å². The Labute approximate surface area is 156 Å². The van der Waals surface area contributed by atoms with Gasteiger partial charge in [-0.05, 0) is 38.5 Å². The van der Waals surface area contributed by atoms with Crippen molar-refractivity contribution in [3.63, 3.8) is 0 Å². The van der Waals surface area contributed by atoms with Crippen LogP contribution in [0.15, 0.2) is 35.4 Å². The van der Waals surface area contributed by atoms with Crippen molar-refractivity contribution in [3.05, 3.63) is 51.7 Å². The van der Waals surface area contributed by atoms with Crippen LogP contribution in [0.3, 0.4) is 0 Å². The molecule has 26 heavy (non-hydrogen) atoms. The van der Waals surface area contributed by atoms with Gasteiger partial charge in [-0.25, -0.2) is 9.78 Å². The summed E-state index contributed by atoms with van der Waals surface area (Å²) in [5, 5.41) is 21.3. The molecule has 0 bridgehead atoms. The number of aryl methyl sites for hydroxylation is 1. The van der Waals surface area contributed by atoms with Gasteiger partial charge in [0.15, 0.2) is 0 Å². The predicted molar refractivity (Wildman–Crippen MR) is 103 cm³/mol. The fraction of sp³-hybridized carbons (Fsp3) is 0.316. The van der Waals surface area contributed by atoms with Crippen molar-refractivity contribution in [1.29, 1.82) is 5.41 Å². The lowest BCUT2D eigenvalue weighted by Gasteiger charge is -2.19. The summed E-state index contributed by atoms with van der Waals surface area (Å²) in [4.78, 5) is 18.3. The highest BCUT2D eigenvalue weighted by Gasteiger charge is 2.31. The molecule has 0 saturated carbocycles. The second-order valence-electron chi connectivity index (χ2n) is 6.22. The molecule has 2 heterocycles. The average Bonchev–Trinajstić information content (AvgIpc) is 3.17. The molecule has 2 N–H and O–H groups in total. The minimum atomic E-state index is -0.389. The Bertz CT molecular complexity index is 888. The molecule has 0 amide bonds. The number of thiazole rings is 1. The fourth-order valence-electron chi connectivity index (χ4n) is 2.63. The summed E-state index contributed by atoms with van der Waals surface area (Å²) in [6, 6.07) is 6.92. The number of amidine groups is 1. The van der Waals surface area contributed by atoms with E-state index in [-0.39, 0.29) is 30.2 Å². The zero-order valence-electron chi connectivity index (χ0n) is 14.9. The number of nitrogens with zero attached hydrogens (tertiary/aromatic N) is 2. The maximum absolute atomic E-state index is 12.3. The first-order chi connectivity index (χ1) is 12.4. The Balaban J connectivity index is 1.84. The molecule has 1 unspecified atom stereocenters. The van der Waals surface area contributed by atoms with Crippen LogP contribution in [0, 0.1) is 12.3 Å². The third-order valence-electron chi connectivity index (χ3n) is 4.21. The molecule has 1 aliphatic heterocycles. The van der Waals surface area contributed by atoms with Crippen LogP contribution in [-0.2, 0) is 4.74 Å². The third-order valence-corrected chi connectivity index (χ3v) is 5.19. The third kappa shape index (κ3) is 3.48. The largest absolute Gasteiger partial charge is 0.510 e. The quantitative estimate of drug-likeness (QED) is 0.770. The fourth-order valence-corrected chi connectivity index (χ4v) is 3.49. The second-order valence-corrected chi connectivity index (χ2v) is 7.08. The number of aromatic nitrogens is 1. The minimum Gasteiger partial charge on any atom is -0.510 e. The number of carbonyl (C=O) groups excluding carboxylic acids is 1. The molecule has 1 atom stereocenters. The molecule has 7 heteroatoms. The molecule has 6 nitrogen and oxygen atoms in total. The number of anilines is 1. The molecule has 2 aromatic rings. The zero-order valence-corrected chi connectivity index (χ0v) is 15.8. The van der Waals surface area contributed by atoms with Gasteiger partial charge in [-0.2, -0.15) is 0 Å². The van der Waals surface area contributed by atoms with Crippen molar-refractivity contribution < 1.29 is 14.6 Å². The maximum Gasteiger partial charge on any atom is 0.338 e. The summed E-state index contributed by atoms with van der Waals surface area (Å²) in [5.41, 5.74) is 2.37. The number of hydrogen-bond donors (Lipinski definition) is 2. The number of benzene rings is 1. The molecule has 0 radical (unpaired) electrons. The van der Waals surface area contributed by atoms with Crippen LogP contribution < -0.4 is 4.90 Å². The van der Waals surface area contributed by atoms with E-state index in [0.717, 1.165) is 12.1 Å². The van der Waals surface area contributed by atoms with Gasteiger partial charge in [-0.1, -0.05) is 13.0 Å². The summed E-state index contributed by atoms with van der Waals surface area (Å²) < 4.78 is 5.37. The van der Waals surface area contributed by atoms with Crippen molar-refractivity contribution in [1.82, 2.24) is 4.98 Å². The highest BCUT2D eigenvalue weighted by molar-refractivity contribution is 7.11. The van der Waals surface area contributed by atoms with Crippen LogP contribution in [0.1, 0.15) is 41.3 Å². The topological polar surface area (TPSA) is 86.5 Å². The smallest absolute Gasteiger partial charge is 0.338 e. The molecule has 1 aromatic carbocycles. The van der Waals surface area contributed by atoms with Gasteiger partial charge in [0.05, 0.1) is 23.8 Å². The molecule has 1 aliphatic rings. The number of rotatable bonds is 5. The van der Waals surface area contributed by atoms with Crippen LogP contribution in [0.25, 0.3) is 5.57 Å². The van der Waals surface area contributed by atoms with Gasteiger partial charge in [0.1, 0.15) is 16.6 Å². The SMILES string of the molecule is CCC(C)OC(=O)c1cccc(N2CC(O)=C(c3nc(C)cs3)C2=N)c1. The van der Waals surface area contributed by atoms with Crippen LogP contribution >= 0.6 is 11.3 Å². The van der Waals surface area contributed by atoms with Gasteiger partial charge in [0.25, 0.3) is 0 Å². The predicted octanol–water partition coefficient (Wildman–Crippen LogP) is 4.17. The van der Waals surface area contributed by atoms with Crippen molar-refractivity contribution in [2.75, 3.05) is 11.4 Å². The van der Waals surface area contributed by atoms with Crippen molar-refractivity contribution in [2.45, 2.75) is 33.3 Å². The molecule has 136 valence electrons. The lowest BCUT2D eigenvalue weighted by molar-refractivity contribution is 0.0334. The Morgan fingerprint density at radius 1 is 1.50 bits per heavy atom. The Kier molecular flexibility index (Phi) is 5.08. The Morgan fingerprint density at radius 2 is 2.27 bits per heavy atom. The summed E-state index contributed by atoms with van der Waals surface area (Å²) >= 11 is 1.40. The number of aliphatic hydroxyl groups excluding tert-OH is 1. The van der Waals surface area contributed by atoms with E-state index in [1.807, 2.05) is 26.2 Å². The van der Waals surface area contributed by atoms with Gasteiger partial charge in [0.2, 0.25) is 0 Å². The molecule has 0 aliphatic carbocycles. The van der Waals surface area contributed by atoms with Crippen molar-refractivity contribution in [2.24, 2.45) is 0 Å². The van der Waals surface area contributed by atoms with Gasteiger partial charge >= 0.3 is 5.97 Å². The van der Waals surface area contributed by atoms with Gasteiger partial charge in [-0.15, -0.1) is 11.3 Å². The lowest BCUT2D eigenvalue weighted by Crippen LogP contribution is -2.26. The Hall–Kier alpha value is -2.67. The van der Waals surface area contributed by atoms with E-state index in [1.54, 1.807) is 29.2 Å². The van der Waals surface area contributed by atoms with E-state index in [1.165, 1.54) is 11.3 Å². The average molecular weight is 371 g/mol. The molecular formula is C19H21N3O3S. The van der Waals surface area contributed by atoms with E-state index in [0.29, 0.717) is 21.8 Å². The van der Waals surface area contributed by atoms with E-state index < -0.39 is 0 Å². The normalized spacial score (nSPS) is 15.5. The highest BCUT2D eigenvalue weighted by Crippen LogP contribution is 2.32. The standard InChI is InChI=1S/C19H21N3O3S/c1-4-12(3)25-19(24)13-6-5-7-14(8-13)22-9-15(23)16(17(22)20)18-21-11(2)10-26-18/h5-8,10,12,20,23H,4,9H2,1-3H3. The van der Waals surface area contributed by atoms with Crippen molar-refractivity contribution >= 4 is 34.4 Å². The number of ether oxygens (including phenoxy) is 1. The maximum atomic E-state index is 12.3. The molecular weight excluding hydrogens is 350 g/mol. The zero-order chi connectivity index (χ0) is 18.8. The number of nitrogens with one attached hydrogen (secondary N) is 1. The summed E-state index contributed by atoms with van der Waals surface area (Å²) in [6.45, 7) is 5.86. The highest BCUT2D eigenvalue weighted by atomic mass is 32.1. The molecule has 0 saturated heterocycles.